The smallest absolute Gasteiger partial charge is 0.0367 e. The summed E-state index contributed by atoms with van der Waals surface area (Å²) in [5.41, 5.74) is 2.50. The molecule has 3 nitrogen and oxygen atoms in total. The summed E-state index contributed by atoms with van der Waals surface area (Å²) in [7, 11) is 4.18. The molecule has 0 aliphatic rings. The van der Waals surface area contributed by atoms with E-state index in [1.54, 1.807) is 0 Å². The molecule has 0 fully saturated rings. The zero-order valence-corrected chi connectivity index (χ0v) is 11.5. The van der Waals surface area contributed by atoms with Crippen LogP contribution in [0.3, 0.4) is 0 Å². The van der Waals surface area contributed by atoms with Crippen LogP contribution in [-0.2, 0) is 0 Å². The van der Waals surface area contributed by atoms with Gasteiger partial charge >= 0.3 is 0 Å². The average molecular weight is 235 g/mol. The topological polar surface area (TPSA) is 18.5 Å². The Morgan fingerprint density at radius 2 is 1.59 bits per heavy atom. The highest BCUT2D eigenvalue weighted by molar-refractivity contribution is 5.55. The Bertz CT molecular complexity index is 302. The minimum Gasteiger partial charge on any atom is -0.384 e. The number of rotatable bonds is 7. The molecule has 1 aromatic carbocycles. The molecule has 0 radical (unpaired) electrons. The van der Waals surface area contributed by atoms with E-state index in [4.69, 9.17) is 0 Å². The Morgan fingerprint density at radius 3 is 2.06 bits per heavy atom. The zero-order valence-electron chi connectivity index (χ0n) is 11.5. The standard InChI is InChI=1S/C14H25N3/c1-5-17(6-2)14-9-7-13(8-10-14)15-11-12-16(3)4/h7-10,15H,5-6,11-12H2,1-4H3. The number of nitrogens with zero attached hydrogens (tertiary/aromatic N) is 2. The van der Waals surface area contributed by atoms with Crippen LogP contribution >= 0.6 is 0 Å². The Morgan fingerprint density at radius 1 is 1.00 bits per heavy atom. The van der Waals surface area contributed by atoms with Gasteiger partial charge in [-0.1, -0.05) is 0 Å². The van der Waals surface area contributed by atoms with Gasteiger partial charge in [0.2, 0.25) is 0 Å². The van der Waals surface area contributed by atoms with E-state index < -0.39 is 0 Å². The maximum atomic E-state index is 3.42. The second-order valence-electron chi connectivity index (χ2n) is 4.45. The minimum atomic E-state index is 0.984. The third-order valence-corrected chi connectivity index (χ3v) is 2.88. The highest BCUT2D eigenvalue weighted by Gasteiger charge is 2.00. The molecule has 0 unspecified atom stereocenters. The predicted octanol–water partition coefficient (Wildman–Crippen LogP) is 2.51. The van der Waals surface area contributed by atoms with E-state index in [1.807, 2.05) is 0 Å². The fraction of sp³-hybridized carbons (Fsp3) is 0.571. The zero-order chi connectivity index (χ0) is 12.7. The molecule has 3 heteroatoms. The molecular weight excluding hydrogens is 210 g/mol. The van der Waals surface area contributed by atoms with E-state index in [2.05, 4.69) is 67.3 Å². The van der Waals surface area contributed by atoms with Gasteiger partial charge in [-0.05, 0) is 52.2 Å². The van der Waals surface area contributed by atoms with Gasteiger partial charge in [0.25, 0.3) is 0 Å². The maximum absolute atomic E-state index is 3.42. The molecule has 0 atom stereocenters. The Labute approximate surface area is 105 Å². The van der Waals surface area contributed by atoms with E-state index in [0.717, 1.165) is 26.2 Å². The minimum absolute atomic E-state index is 0.984. The van der Waals surface area contributed by atoms with Crippen molar-refractivity contribution < 1.29 is 0 Å². The summed E-state index contributed by atoms with van der Waals surface area (Å²) in [5, 5.41) is 3.42. The summed E-state index contributed by atoms with van der Waals surface area (Å²) in [4.78, 5) is 4.53. The summed E-state index contributed by atoms with van der Waals surface area (Å²) < 4.78 is 0. The van der Waals surface area contributed by atoms with Crippen LogP contribution in [0.2, 0.25) is 0 Å². The summed E-state index contributed by atoms with van der Waals surface area (Å²) >= 11 is 0. The molecule has 0 saturated carbocycles. The highest BCUT2D eigenvalue weighted by atomic mass is 15.1. The number of likely N-dealkylation sites (N-methyl/N-ethyl adjacent to an activating group) is 1. The molecule has 0 amide bonds. The molecule has 17 heavy (non-hydrogen) atoms. The molecule has 1 rings (SSSR count). The summed E-state index contributed by atoms with van der Waals surface area (Å²) in [5.74, 6) is 0. The fourth-order valence-electron chi connectivity index (χ4n) is 1.80. The van der Waals surface area contributed by atoms with E-state index in [-0.39, 0.29) is 0 Å². The number of anilines is 2. The second-order valence-corrected chi connectivity index (χ2v) is 4.45. The van der Waals surface area contributed by atoms with Crippen molar-refractivity contribution in [3.05, 3.63) is 24.3 Å². The van der Waals surface area contributed by atoms with Gasteiger partial charge in [0.15, 0.2) is 0 Å². The van der Waals surface area contributed by atoms with Gasteiger partial charge < -0.3 is 15.1 Å². The van der Waals surface area contributed by atoms with Crippen LogP contribution in [0.4, 0.5) is 11.4 Å². The third-order valence-electron chi connectivity index (χ3n) is 2.88. The molecule has 0 aromatic heterocycles. The van der Waals surface area contributed by atoms with Crippen molar-refractivity contribution in [2.24, 2.45) is 0 Å². The van der Waals surface area contributed by atoms with E-state index in [9.17, 15) is 0 Å². The monoisotopic (exact) mass is 235 g/mol. The molecule has 0 aliphatic heterocycles. The lowest BCUT2D eigenvalue weighted by Gasteiger charge is -2.21. The lowest BCUT2D eigenvalue weighted by molar-refractivity contribution is 0.425. The molecule has 0 bridgehead atoms. The van der Waals surface area contributed by atoms with Crippen LogP contribution in [0.15, 0.2) is 24.3 Å². The Hall–Kier alpha value is -1.22. The van der Waals surface area contributed by atoms with Crippen LogP contribution in [0.25, 0.3) is 0 Å². The van der Waals surface area contributed by atoms with Crippen LogP contribution in [-0.4, -0.2) is 45.2 Å². The van der Waals surface area contributed by atoms with E-state index >= 15 is 0 Å². The second kappa shape index (κ2) is 7.17. The largest absolute Gasteiger partial charge is 0.384 e. The number of nitrogens with one attached hydrogen (secondary N) is 1. The molecule has 96 valence electrons. The molecule has 1 aromatic rings. The highest BCUT2D eigenvalue weighted by Crippen LogP contribution is 2.17. The first-order valence-electron chi connectivity index (χ1n) is 6.41. The normalized spacial score (nSPS) is 10.6. The van der Waals surface area contributed by atoms with Gasteiger partial charge in [-0.3, -0.25) is 0 Å². The molecule has 0 aliphatic carbocycles. The van der Waals surface area contributed by atoms with Crippen molar-refractivity contribution in [2.75, 3.05) is 50.5 Å². The van der Waals surface area contributed by atoms with Gasteiger partial charge in [0, 0.05) is 37.6 Å². The van der Waals surface area contributed by atoms with Gasteiger partial charge in [-0.15, -0.1) is 0 Å². The van der Waals surface area contributed by atoms with Gasteiger partial charge in [-0.25, -0.2) is 0 Å². The summed E-state index contributed by atoms with van der Waals surface area (Å²) in [6.07, 6.45) is 0. The van der Waals surface area contributed by atoms with Crippen molar-refractivity contribution >= 4 is 11.4 Å². The number of benzene rings is 1. The first-order valence-corrected chi connectivity index (χ1v) is 6.41. The first-order chi connectivity index (χ1) is 8.17. The molecule has 0 spiro atoms. The third kappa shape index (κ3) is 4.65. The Kier molecular flexibility index (Phi) is 5.84. The number of hydrogen-bond acceptors (Lipinski definition) is 3. The van der Waals surface area contributed by atoms with Gasteiger partial charge in [0.1, 0.15) is 0 Å². The van der Waals surface area contributed by atoms with Gasteiger partial charge in [-0.2, -0.15) is 0 Å². The van der Waals surface area contributed by atoms with Gasteiger partial charge in [0.05, 0.1) is 0 Å². The molecule has 0 heterocycles. The van der Waals surface area contributed by atoms with E-state index in [0.29, 0.717) is 0 Å². The maximum Gasteiger partial charge on any atom is 0.0367 e. The Balaban J connectivity index is 2.49. The average Bonchev–Trinajstić information content (AvgIpc) is 2.32. The fourth-order valence-corrected chi connectivity index (χ4v) is 1.80. The van der Waals surface area contributed by atoms with Crippen LogP contribution < -0.4 is 10.2 Å². The van der Waals surface area contributed by atoms with Crippen LogP contribution in [0.5, 0.6) is 0 Å². The summed E-state index contributed by atoms with van der Waals surface area (Å²) in [6.45, 7) is 8.53. The van der Waals surface area contributed by atoms with Crippen molar-refractivity contribution in [3.8, 4) is 0 Å². The van der Waals surface area contributed by atoms with Crippen molar-refractivity contribution in [2.45, 2.75) is 13.8 Å². The lowest BCUT2D eigenvalue weighted by Crippen LogP contribution is -2.22. The van der Waals surface area contributed by atoms with Crippen molar-refractivity contribution in [1.82, 2.24) is 4.90 Å². The SMILES string of the molecule is CCN(CC)c1ccc(NCCN(C)C)cc1. The first kappa shape index (κ1) is 13.8. The van der Waals surface area contributed by atoms with E-state index in [1.165, 1.54) is 11.4 Å². The number of hydrogen-bond donors (Lipinski definition) is 1. The van der Waals surface area contributed by atoms with Crippen molar-refractivity contribution in [3.63, 3.8) is 0 Å². The van der Waals surface area contributed by atoms with Crippen molar-refractivity contribution in [1.29, 1.82) is 0 Å². The predicted molar refractivity (Wildman–Crippen MR) is 77.0 cm³/mol. The van der Waals surface area contributed by atoms with Crippen LogP contribution in [0.1, 0.15) is 13.8 Å². The molecule has 1 N–H and O–H groups in total. The quantitative estimate of drug-likeness (QED) is 0.783. The molecular formula is C14H25N3. The summed E-state index contributed by atoms with van der Waals surface area (Å²) in [6, 6.07) is 8.68. The lowest BCUT2D eigenvalue weighted by atomic mass is 10.2. The molecule has 0 saturated heterocycles. The van der Waals surface area contributed by atoms with Crippen LogP contribution in [0, 0.1) is 0 Å².